The molecule has 0 aromatic heterocycles. The SMILES string of the molecule is COC(=O)CCN1C(=O)C=CC1=O. The number of carbonyl (C=O) groups excluding carboxylic acids is 3. The molecule has 2 amide bonds. The summed E-state index contributed by atoms with van der Waals surface area (Å²) in [6.45, 7) is 0.0807. The molecule has 0 radical (unpaired) electrons. The molecule has 5 nitrogen and oxygen atoms in total. The fourth-order valence-electron chi connectivity index (χ4n) is 0.957. The van der Waals surface area contributed by atoms with Gasteiger partial charge in [0.15, 0.2) is 0 Å². The smallest absolute Gasteiger partial charge is 0.307 e. The number of ether oxygens (including phenoxy) is 1. The van der Waals surface area contributed by atoms with E-state index >= 15 is 0 Å². The van der Waals surface area contributed by atoms with E-state index < -0.39 is 5.97 Å². The minimum absolute atomic E-state index is 0.0374. The average molecular weight is 183 g/mol. The van der Waals surface area contributed by atoms with Gasteiger partial charge < -0.3 is 4.74 Å². The molecule has 1 rings (SSSR count). The van der Waals surface area contributed by atoms with Gasteiger partial charge in [-0.3, -0.25) is 19.3 Å². The maximum Gasteiger partial charge on any atom is 0.307 e. The molecule has 0 aromatic rings. The summed E-state index contributed by atoms with van der Waals surface area (Å²) < 4.78 is 4.37. The highest BCUT2D eigenvalue weighted by Crippen LogP contribution is 2.04. The van der Waals surface area contributed by atoms with Gasteiger partial charge in [0, 0.05) is 18.7 Å². The molecule has 0 fully saturated rings. The molecule has 5 heteroatoms. The molecule has 1 heterocycles. The third kappa shape index (κ3) is 2.14. The van der Waals surface area contributed by atoms with Crippen LogP contribution in [0.5, 0.6) is 0 Å². The largest absolute Gasteiger partial charge is 0.469 e. The predicted octanol–water partition coefficient (Wildman–Crippen LogP) is -0.526. The van der Waals surface area contributed by atoms with Crippen LogP contribution in [0.2, 0.25) is 0 Å². The molecule has 1 aliphatic heterocycles. The lowest BCUT2D eigenvalue weighted by Gasteiger charge is -2.11. The van der Waals surface area contributed by atoms with Crippen molar-refractivity contribution in [1.82, 2.24) is 4.90 Å². The molecule has 0 aromatic carbocycles. The quantitative estimate of drug-likeness (QED) is 0.436. The highest BCUT2D eigenvalue weighted by molar-refractivity contribution is 6.12. The predicted molar refractivity (Wildman–Crippen MR) is 42.5 cm³/mol. The van der Waals surface area contributed by atoms with Crippen molar-refractivity contribution in [2.45, 2.75) is 6.42 Å². The zero-order valence-corrected chi connectivity index (χ0v) is 7.15. The van der Waals surface area contributed by atoms with Crippen LogP contribution in [0.4, 0.5) is 0 Å². The third-order valence-corrected chi connectivity index (χ3v) is 1.67. The maximum atomic E-state index is 11.0. The van der Waals surface area contributed by atoms with E-state index in [0.29, 0.717) is 0 Å². The number of carbonyl (C=O) groups is 3. The van der Waals surface area contributed by atoms with E-state index in [1.165, 1.54) is 19.3 Å². The third-order valence-electron chi connectivity index (χ3n) is 1.67. The second kappa shape index (κ2) is 3.84. The number of nitrogens with zero attached hydrogens (tertiary/aromatic N) is 1. The van der Waals surface area contributed by atoms with Gasteiger partial charge in [0.2, 0.25) is 0 Å². The maximum absolute atomic E-state index is 11.0. The van der Waals surface area contributed by atoms with Crippen molar-refractivity contribution in [2.24, 2.45) is 0 Å². The standard InChI is InChI=1S/C8H9NO4/c1-13-8(12)4-5-9-6(10)2-3-7(9)11/h2-3H,4-5H2,1H3. The molecule has 1 aliphatic rings. The van der Waals surface area contributed by atoms with Crippen LogP contribution in [0.25, 0.3) is 0 Å². The first-order chi connectivity index (χ1) is 6.15. The van der Waals surface area contributed by atoms with E-state index in [0.717, 1.165) is 4.90 Å². The zero-order valence-electron chi connectivity index (χ0n) is 7.15. The van der Waals surface area contributed by atoms with Crippen molar-refractivity contribution in [3.63, 3.8) is 0 Å². The molecule has 70 valence electrons. The van der Waals surface area contributed by atoms with Gasteiger partial charge in [0.05, 0.1) is 13.5 Å². The van der Waals surface area contributed by atoms with Gasteiger partial charge in [-0.1, -0.05) is 0 Å². The van der Waals surface area contributed by atoms with Gasteiger partial charge >= 0.3 is 5.97 Å². The van der Waals surface area contributed by atoms with Gasteiger partial charge in [-0.15, -0.1) is 0 Å². The molecule has 0 saturated heterocycles. The summed E-state index contributed by atoms with van der Waals surface area (Å²) in [4.78, 5) is 33.6. The first-order valence-electron chi connectivity index (χ1n) is 3.75. The summed E-state index contributed by atoms with van der Waals surface area (Å²) in [6.07, 6.45) is 2.40. The monoisotopic (exact) mass is 183 g/mol. The van der Waals surface area contributed by atoms with Gasteiger partial charge in [-0.25, -0.2) is 0 Å². The number of esters is 1. The summed E-state index contributed by atoms with van der Waals surface area (Å²) in [7, 11) is 1.26. The molecule has 0 unspecified atom stereocenters. The van der Waals surface area contributed by atoms with Gasteiger partial charge in [0.1, 0.15) is 0 Å². The second-order valence-corrected chi connectivity index (χ2v) is 2.49. The van der Waals surface area contributed by atoms with Gasteiger partial charge in [-0.05, 0) is 0 Å². The Hall–Kier alpha value is -1.65. The Labute approximate surface area is 75.0 Å². The van der Waals surface area contributed by atoms with Gasteiger partial charge in [-0.2, -0.15) is 0 Å². The Morgan fingerprint density at radius 2 is 1.92 bits per heavy atom. The number of hydrogen-bond acceptors (Lipinski definition) is 4. The fourth-order valence-corrected chi connectivity index (χ4v) is 0.957. The Morgan fingerprint density at radius 1 is 1.38 bits per heavy atom. The molecule has 0 saturated carbocycles. The van der Waals surface area contributed by atoms with E-state index in [-0.39, 0.29) is 24.8 Å². The first kappa shape index (κ1) is 9.44. The lowest BCUT2D eigenvalue weighted by Crippen LogP contribution is -2.32. The van der Waals surface area contributed by atoms with Crippen LogP contribution in [0.1, 0.15) is 6.42 Å². The van der Waals surface area contributed by atoms with Crippen molar-refractivity contribution in [3.05, 3.63) is 12.2 Å². The van der Waals surface area contributed by atoms with Crippen molar-refractivity contribution >= 4 is 17.8 Å². The van der Waals surface area contributed by atoms with Crippen molar-refractivity contribution in [3.8, 4) is 0 Å². The molecule has 0 bridgehead atoms. The number of methoxy groups -OCH3 is 1. The summed E-state index contributed by atoms with van der Waals surface area (Å²) in [5, 5.41) is 0. The minimum Gasteiger partial charge on any atom is -0.469 e. The van der Waals surface area contributed by atoms with Crippen molar-refractivity contribution < 1.29 is 19.1 Å². The number of imide groups is 1. The van der Waals surface area contributed by atoms with E-state index in [1.54, 1.807) is 0 Å². The lowest BCUT2D eigenvalue weighted by atomic mass is 10.4. The van der Waals surface area contributed by atoms with Crippen molar-refractivity contribution in [1.29, 1.82) is 0 Å². The van der Waals surface area contributed by atoms with Crippen LogP contribution in [0.15, 0.2) is 12.2 Å². The topological polar surface area (TPSA) is 63.7 Å². The van der Waals surface area contributed by atoms with Crippen LogP contribution in [0.3, 0.4) is 0 Å². The Bertz CT molecular complexity index is 264. The minimum atomic E-state index is -0.437. The van der Waals surface area contributed by atoms with E-state index in [9.17, 15) is 14.4 Å². The summed E-state index contributed by atoms with van der Waals surface area (Å²) in [5.74, 6) is -1.20. The van der Waals surface area contributed by atoms with Crippen LogP contribution < -0.4 is 0 Å². The number of hydrogen-bond donors (Lipinski definition) is 0. The second-order valence-electron chi connectivity index (χ2n) is 2.49. The summed E-state index contributed by atoms with van der Waals surface area (Å²) in [6, 6.07) is 0. The number of amides is 2. The normalized spacial score (nSPS) is 15.3. The Kier molecular flexibility index (Phi) is 2.79. The van der Waals surface area contributed by atoms with E-state index in [2.05, 4.69) is 4.74 Å². The average Bonchev–Trinajstić information content (AvgIpc) is 2.43. The molecule has 0 N–H and O–H groups in total. The molecular formula is C8H9NO4. The Morgan fingerprint density at radius 3 is 2.38 bits per heavy atom. The fraction of sp³-hybridized carbons (Fsp3) is 0.375. The molecule has 0 spiro atoms. The summed E-state index contributed by atoms with van der Waals surface area (Å²) >= 11 is 0. The van der Waals surface area contributed by atoms with E-state index in [1.807, 2.05) is 0 Å². The molecular weight excluding hydrogens is 174 g/mol. The highest BCUT2D eigenvalue weighted by Gasteiger charge is 2.23. The molecule has 13 heavy (non-hydrogen) atoms. The van der Waals surface area contributed by atoms with Crippen LogP contribution in [0, 0.1) is 0 Å². The number of rotatable bonds is 3. The van der Waals surface area contributed by atoms with Crippen LogP contribution in [-0.4, -0.2) is 36.3 Å². The summed E-state index contributed by atoms with van der Waals surface area (Å²) in [5.41, 5.74) is 0. The zero-order chi connectivity index (χ0) is 9.84. The first-order valence-corrected chi connectivity index (χ1v) is 3.75. The lowest BCUT2D eigenvalue weighted by molar-refractivity contribution is -0.142. The highest BCUT2D eigenvalue weighted by atomic mass is 16.5. The van der Waals surface area contributed by atoms with Crippen LogP contribution in [-0.2, 0) is 19.1 Å². The Balaban J connectivity index is 2.42. The van der Waals surface area contributed by atoms with Crippen molar-refractivity contribution in [2.75, 3.05) is 13.7 Å². The van der Waals surface area contributed by atoms with E-state index in [4.69, 9.17) is 0 Å². The molecule has 0 atom stereocenters. The molecule has 0 aliphatic carbocycles. The van der Waals surface area contributed by atoms with Crippen LogP contribution >= 0.6 is 0 Å². The van der Waals surface area contributed by atoms with Gasteiger partial charge in [0.25, 0.3) is 11.8 Å².